The Hall–Kier alpha value is -3.88. The molecule has 8 heteroatoms. The number of unbranched alkanes of at least 4 members (excludes halogenated alkanes) is 1. The standard InChI is InChI=1S/C35H43N3O5/c1-3-4-17-38(28-10-7-8-24(19-28)21-36)33(39)23-37-22-29(26-13-15-32-27(20-26)16-18-43-32)34(35(40)41)30(37)14-12-25-9-5-6-11-31(25)42-2/h5-11,13,15,19-20,29-30,34H,3-4,12,14,16-18,21-23,36H2,1-2H3,(H,40,41)/t29-,30+,34-/m1/s1. The first-order valence-corrected chi connectivity index (χ1v) is 15.4. The Labute approximate surface area is 254 Å². The van der Waals surface area contributed by atoms with Gasteiger partial charge in [-0.3, -0.25) is 14.5 Å². The summed E-state index contributed by atoms with van der Waals surface area (Å²) in [5.41, 5.74) is 10.8. The number of nitrogens with two attached hydrogens (primary N) is 1. The number of likely N-dealkylation sites (tertiary alicyclic amines) is 1. The number of aliphatic carboxylic acids is 1. The number of carbonyl (C=O) groups is 2. The molecule has 1 amide bonds. The number of carboxylic acid groups (broad SMARTS) is 1. The molecule has 0 saturated carbocycles. The fourth-order valence-corrected chi connectivity index (χ4v) is 6.66. The summed E-state index contributed by atoms with van der Waals surface area (Å²) < 4.78 is 11.3. The zero-order chi connectivity index (χ0) is 30.3. The molecule has 228 valence electrons. The third-order valence-corrected chi connectivity index (χ3v) is 8.91. The number of aryl methyl sites for hydroxylation is 1. The van der Waals surface area contributed by atoms with E-state index in [0.717, 1.165) is 58.7 Å². The highest BCUT2D eigenvalue weighted by atomic mass is 16.5. The van der Waals surface area contributed by atoms with Crippen molar-refractivity contribution in [1.29, 1.82) is 0 Å². The molecule has 2 heterocycles. The highest BCUT2D eigenvalue weighted by Gasteiger charge is 2.47. The molecule has 2 aliphatic rings. The number of carbonyl (C=O) groups excluding carboxylic acids is 1. The summed E-state index contributed by atoms with van der Waals surface area (Å²) >= 11 is 0. The van der Waals surface area contributed by atoms with E-state index in [4.69, 9.17) is 15.2 Å². The van der Waals surface area contributed by atoms with Gasteiger partial charge in [-0.1, -0.05) is 55.8 Å². The van der Waals surface area contributed by atoms with Gasteiger partial charge in [-0.25, -0.2) is 0 Å². The van der Waals surface area contributed by atoms with Crippen LogP contribution in [0.25, 0.3) is 0 Å². The topological polar surface area (TPSA) is 105 Å². The number of fused-ring (bicyclic) bond motifs is 1. The predicted octanol–water partition coefficient (Wildman–Crippen LogP) is 5.02. The smallest absolute Gasteiger partial charge is 0.308 e. The maximum atomic E-state index is 14.1. The van der Waals surface area contributed by atoms with Crippen LogP contribution in [-0.4, -0.2) is 61.3 Å². The Morgan fingerprint density at radius 2 is 1.95 bits per heavy atom. The summed E-state index contributed by atoms with van der Waals surface area (Å²) in [4.78, 5) is 31.0. The molecule has 0 unspecified atom stereocenters. The average molecular weight is 586 g/mol. The van der Waals surface area contributed by atoms with Crippen molar-refractivity contribution in [2.75, 3.05) is 38.3 Å². The number of amides is 1. The normalized spacial score (nSPS) is 19.6. The number of carboxylic acids is 1. The molecule has 0 aromatic heterocycles. The van der Waals surface area contributed by atoms with Crippen molar-refractivity contribution < 1.29 is 24.2 Å². The van der Waals surface area contributed by atoms with E-state index in [9.17, 15) is 14.7 Å². The number of rotatable bonds is 13. The van der Waals surface area contributed by atoms with Crippen molar-refractivity contribution in [2.24, 2.45) is 11.7 Å². The summed E-state index contributed by atoms with van der Waals surface area (Å²) in [6, 6.07) is 21.4. The van der Waals surface area contributed by atoms with Crippen LogP contribution in [0.3, 0.4) is 0 Å². The Bertz CT molecular complexity index is 1430. The lowest BCUT2D eigenvalue weighted by molar-refractivity contribution is -0.143. The molecule has 3 aromatic rings. The molecular formula is C35H43N3O5. The van der Waals surface area contributed by atoms with E-state index in [1.165, 1.54) is 0 Å². The fourth-order valence-electron chi connectivity index (χ4n) is 6.66. The van der Waals surface area contributed by atoms with Gasteiger partial charge < -0.3 is 25.2 Å². The summed E-state index contributed by atoms with van der Waals surface area (Å²) in [6.45, 7) is 4.38. The Morgan fingerprint density at radius 1 is 1.12 bits per heavy atom. The highest BCUT2D eigenvalue weighted by Crippen LogP contribution is 2.41. The van der Waals surface area contributed by atoms with Crippen molar-refractivity contribution >= 4 is 17.6 Å². The second-order valence-corrected chi connectivity index (χ2v) is 11.6. The molecule has 1 fully saturated rings. The maximum Gasteiger partial charge on any atom is 0.308 e. The summed E-state index contributed by atoms with van der Waals surface area (Å²) in [7, 11) is 1.65. The minimum Gasteiger partial charge on any atom is -0.496 e. The third kappa shape index (κ3) is 6.86. The second kappa shape index (κ2) is 14.1. The predicted molar refractivity (Wildman–Crippen MR) is 168 cm³/mol. The van der Waals surface area contributed by atoms with Crippen LogP contribution in [0.15, 0.2) is 66.7 Å². The van der Waals surface area contributed by atoms with E-state index < -0.39 is 11.9 Å². The first-order chi connectivity index (χ1) is 20.9. The van der Waals surface area contributed by atoms with E-state index in [2.05, 4.69) is 17.9 Å². The number of hydrogen-bond acceptors (Lipinski definition) is 6. The minimum atomic E-state index is -0.833. The van der Waals surface area contributed by atoms with E-state index in [-0.39, 0.29) is 24.4 Å². The van der Waals surface area contributed by atoms with Crippen LogP contribution in [0.4, 0.5) is 5.69 Å². The largest absolute Gasteiger partial charge is 0.496 e. The van der Waals surface area contributed by atoms with E-state index in [1.54, 1.807) is 7.11 Å². The number of methoxy groups -OCH3 is 1. The van der Waals surface area contributed by atoms with Gasteiger partial charge >= 0.3 is 5.97 Å². The van der Waals surface area contributed by atoms with E-state index >= 15 is 0 Å². The Balaban J connectivity index is 1.46. The van der Waals surface area contributed by atoms with Crippen molar-refractivity contribution in [2.45, 2.75) is 57.5 Å². The van der Waals surface area contributed by atoms with Gasteiger partial charge in [-0.05, 0) is 65.8 Å². The van der Waals surface area contributed by atoms with Crippen LogP contribution in [0, 0.1) is 5.92 Å². The third-order valence-electron chi connectivity index (χ3n) is 8.91. The van der Waals surface area contributed by atoms with Crippen molar-refractivity contribution in [3.8, 4) is 11.5 Å². The number of nitrogens with zero attached hydrogens (tertiary/aromatic N) is 2. The van der Waals surface area contributed by atoms with Crippen molar-refractivity contribution in [3.63, 3.8) is 0 Å². The minimum absolute atomic E-state index is 0.0305. The molecule has 8 nitrogen and oxygen atoms in total. The molecule has 3 aromatic carbocycles. The van der Waals surface area contributed by atoms with Crippen LogP contribution in [0.2, 0.25) is 0 Å². The molecule has 0 bridgehead atoms. The highest BCUT2D eigenvalue weighted by molar-refractivity contribution is 5.95. The zero-order valence-electron chi connectivity index (χ0n) is 25.2. The number of anilines is 1. The molecule has 0 radical (unpaired) electrons. The molecule has 5 rings (SSSR count). The second-order valence-electron chi connectivity index (χ2n) is 11.6. The van der Waals surface area contributed by atoms with Crippen LogP contribution >= 0.6 is 0 Å². The van der Waals surface area contributed by atoms with Gasteiger partial charge in [0, 0.05) is 43.7 Å². The monoisotopic (exact) mass is 585 g/mol. The zero-order valence-corrected chi connectivity index (χ0v) is 25.2. The lowest BCUT2D eigenvalue weighted by Crippen LogP contribution is -2.44. The maximum absolute atomic E-state index is 14.1. The summed E-state index contributed by atoms with van der Waals surface area (Å²) in [5.74, 6) is -0.108. The van der Waals surface area contributed by atoms with Gasteiger partial charge in [0.2, 0.25) is 5.91 Å². The van der Waals surface area contributed by atoms with E-state index in [0.29, 0.717) is 39.1 Å². The molecule has 0 aliphatic carbocycles. The molecule has 1 saturated heterocycles. The molecule has 43 heavy (non-hydrogen) atoms. The van der Waals surface area contributed by atoms with Gasteiger partial charge in [0.1, 0.15) is 11.5 Å². The van der Waals surface area contributed by atoms with Crippen LogP contribution in [0.1, 0.15) is 54.4 Å². The van der Waals surface area contributed by atoms with E-state index in [1.807, 2.05) is 65.6 Å². The van der Waals surface area contributed by atoms with Crippen molar-refractivity contribution in [3.05, 3.63) is 89.0 Å². The van der Waals surface area contributed by atoms with Gasteiger partial charge in [0.15, 0.2) is 0 Å². The number of para-hydroxylation sites is 1. The Morgan fingerprint density at radius 3 is 2.72 bits per heavy atom. The number of hydrogen-bond donors (Lipinski definition) is 2. The molecule has 3 atom stereocenters. The molecule has 3 N–H and O–H groups in total. The first kappa shape index (κ1) is 30.6. The number of ether oxygens (including phenoxy) is 2. The van der Waals surface area contributed by atoms with Crippen LogP contribution in [0.5, 0.6) is 11.5 Å². The fraction of sp³-hybridized carbons (Fsp3) is 0.429. The average Bonchev–Trinajstić information content (AvgIpc) is 3.64. The van der Waals surface area contributed by atoms with Gasteiger partial charge in [0.25, 0.3) is 0 Å². The van der Waals surface area contributed by atoms with Crippen molar-refractivity contribution in [1.82, 2.24) is 4.90 Å². The van der Waals surface area contributed by atoms with Gasteiger partial charge in [-0.15, -0.1) is 0 Å². The molecular weight excluding hydrogens is 542 g/mol. The lowest BCUT2D eigenvalue weighted by Gasteiger charge is -2.30. The number of benzene rings is 3. The first-order valence-electron chi connectivity index (χ1n) is 15.4. The summed E-state index contributed by atoms with van der Waals surface area (Å²) in [5, 5.41) is 10.6. The van der Waals surface area contributed by atoms with Crippen LogP contribution in [-0.2, 0) is 29.0 Å². The molecule has 2 aliphatic heterocycles. The van der Waals surface area contributed by atoms with Crippen LogP contribution < -0.4 is 20.1 Å². The Kier molecular flexibility index (Phi) is 10.00. The quantitative estimate of drug-likeness (QED) is 0.290. The summed E-state index contributed by atoms with van der Waals surface area (Å²) in [6.07, 6.45) is 3.88. The SMILES string of the molecule is CCCCN(C(=O)CN1C[C@H](c2ccc3c(c2)CCO3)[C@@H](C(=O)O)[C@@H]1CCc1ccccc1OC)c1cccc(CN)c1. The van der Waals surface area contributed by atoms with Gasteiger partial charge in [0.05, 0.1) is 26.2 Å². The lowest BCUT2D eigenvalue weighted by atomic mass is 9.83. The molecule has 0 spiro atoms. The van der Waals surface area contributed by atoms with Gasteiger partial charge in [-0.2, -0.15) is 0 Å².